The fourth-order valence-electron chi connectivity index (χ4n) is 1.39. The van der Waals surface area contributed by atoms with Gasteiger partial charge in [0.1, 0.15) is 11.0 Å². The van der Waals surface area contributed by atoms with E-state index in [1.807, 2.05) is 12.3 Å². The summed E-state index contributed by atoms with van der Waals surface area (Å²) in [4.78, 5) is 37.3. The molecule has 1 aromatic heterocycles. The molecule has 0 unspecified atom stereocenters. The van der Waals surface area contributed by atoms with Crippen LogP contribution in [0.15, 0.2) is 5.38 Å². The highest BCUT2D eigenvalue weighted by Gasteiger charge is 2.20. The van der Waals surface area contributed by atoms with Crippen LogP contribution in [0.5, 0.6) is 0 Å². The monoisotopic (exact) mass is 300 g/mol. The van der Waals surface area contributed by atoms with Gasteiger partial charge >= 0.3 is 12.0 Å². The van der Waals surface area contributed by atoms with Gasteiger partial charge in [-0.15, -0.1) is 11.3 Å². The maximum absolute atomic E-state index is 11.6. The summed E-state index contributed by atoms with van der Waals surface area (Å²) in [6, 6.07) is -1.78. The van der Waals surface area contributed by atoms with E-state index in [-0.39, 0.29) is 19.4 Å². The number of carboxylic acid groups (broad SMARTS) is 1. The van der Waals surface area contributed by atoms with Gasteiger partial charge in [0, 0.05) is 17.5 Å². The van der Waals surface area contributed by atoms with E-state index in [9.17, 15) is 14.4 Å². The molecule has 0 fully saturated rings. The molecular formula is C11H16N4O4S. The third-order valence-electron chi connectivity index (χ3n) is 2.35. The van der Waals surface area contributed by atoms with Crippen molar-refractivity contribution in [3.63, 3.8) is 0 Å². The summed E-state index contributed by atoms with van der Waals surface area (Å²) in [5.41, 5.74) is 5.80. The first kappa shape index (κ1) is 15.9. The lowest BCUT2D eigenvalue weighted by atomic mass is 10.1. The van der Waals surface area contributed by atoms with Gasteiger partial charge in [0.25, 0.3) is 0 Å². The second-order valence-corrected chi connectivity index (χ2v) is 5.05. The predicted molar refractivity (Wildman–Crippen MR) is 72.1 cm³/mol. The van der Waals surface area contributed by atoms with Crippen LogP contribution < -0.4 is 16.4 Å². The van der Waals surface area contributed by atoms with Gasteiger partial charge in [0.15, 0.2) is 0 Å². The van der Waals surface area contributed by atoms with Crippen LogP contribution in [-0.4, -0.2) is 34.0 Å². The van der Waals surface area contributed by atoms with Gasteiger partial charge in [-0.05, 0) is 13.3 Å². The lowest BCUT2D eigenvalue weighted by molar-refractivity contribution is -0.139. The fourth-order valence-corrected chi connectivity index (χ4v) is 2.10. The molecule has 0 spiro atoms. The first-order valence-electron chi connectivity index (χ1n) is 5.85. The number of carbonyl (C=O) groups is 3. The number of carboxylic acids is 1. The highest BCUT2D eigenvalue weighted by Crippen LogP contribution is 2.07. The van der Waals surface area contributed by atoms with Crippen LogP contribution in [0, 0.1) is 6.92 Å². The second-order valence-electron chi connectivity index (χ2n) is 4.11. The van der Waals surface area contributed by atoms with Crippen molar-refractivity contribution >= 4 is 29.2 Å². The number of carbonyl (C=O) groups excluding carboxylic acids is 2. The average Bonchev–Trinajstić information content (AvgIpc) is 2.77. The number of nitrogens with zero attached hydrogens (tertiary/aromatic N) is 1. The van der Waals surface area contributed by atoms with E-state index in [4.69, 9.17) is 10.8 Å². The molecule has 3 amide bonds. The molecule has 5 N–H and O–H groups in total. The summed E-state index contributed by atoms with van der Waals surface area (Å²) in [7, 11) is 0. The highest BCUT2D eigenvalue weighted by molar-refractivity contribution is 7.09. The number of amides is 3. The molecule has 9 heteroatoms. The Bertz CT molecular complexity index is 502. The van der Waals surface area contributed by atoms with Crippen LogP contribution in [0.3, 0.4) is 0 Å². The number of aryl methyl sites for hydroxylation is 1. The zero-order chi connectivity index (χ0) is 15.1. The maximum atomic E-state index is 11.6. The number of aromatic nitrogens is 1. The van der Waals surface area contributed by atoms with Gasteiger partial charge in [-0.25, -0.2) is 14.6 Å². The summed E-state index contributed by atoms with van der Waals surface area (Å²) in [6.07, 6.45) is -0.155. The summed E-state index contributed by atoms with van der Waals surface area (Å²) in [5, 5.41) is 16.3. The Balaban J connectivity index is 2.41. The first-order valence-corrected chi connectivity index (χ1v) is 6.73. The van der Waals surface area contributed by atoms with Crippen LogP contribution in [0.25, 0.3) is 0 Å². The number of primary amides is 1. The number of nitrogens with two attached hydrogens (primary N) is 1. The summed E-state index contributed by atoms with van der Waals surface area (Å²) in [6.45, 7) is 2.05. The molecular weight excluding hydrogens is 284 g/mol. The Morgan fingerprint density at radius 1 is 1.50 bits per heavy atom. The van der Waals surface area contributed by atoms with Crippen molar-refractivity contribution in [2.24, 2.45) is 5.73 Å². The van der Waals surface area contributed by atoms with E-state index in [1.165, 1.54) is 11.3 Å². The van der Waals surface area contributed by atoms with Crippen LogP contribution in [0.2, 0.25) is 0 Å². The number of rotatable bonds is 7. The van der Waals surface area contributed by atoms with Gasteiger partial charge in [-0.2, -0.15) is 0 Å². The van der Waals surface area contributed by atoms with Crippen LogP contribution >= 0.6 is 11.3 Å². The molecule has 0 radical (unpaired) electrons. The predicted octanol–water partition coefficient (Wildman–Crippen LogP) is -0.0306. The average molecular weight is 300 g/mol. The largest absolute Gasteiger partial charge is 0.480 e. The van der Waals surface area contributed by atoms with Crippen LogP contribution in [-0.2, 0) is 16.1 Å². The Morgan fingerprint density at radius 3 is 2.70 bits per heavy atom. The maximum Gasteiger partial charge on any atom is 0.326 e. The molecule has 0 aliphatic carbocycles. The van der Waals surface area contributed by atoms with Crippen molar-refractivity contribution in [2.75, 3.05) is 0 Å². The topological polar surface area (TPSA) is 134 Å². The molecule has 110 valence electrons. The number of aliphatic carboxylic acids is 1. The van der Waals surface area contributed by atoms with Crippen molar-refractivity contribution < 1.29 is 19.5 Å². The van der Waals surface area contributed by atoms with E-state index in [0.29, 0.717) is 0 Å². The molecule has 20 heavy (non-hydrogen) atoms. The molecule has 8 nitrogen and oxygen atoms in total. The zero-order valence-corrected chi connectivity index (χ0v) is 11.7. The second kappa shape index (κ2) is 7.43. The summed E-state index contributed by atoms with van der Waals surface area (Å²) < 4.78 is 0. The first-order chi connectivity index (χ1) is 9.38. The Morgan fingerprint density at radius 2 is 2.20 bits per heavy atom. The minimum absolute atomic E-state index is 0.0472. The number of thiazole rings is 1. The zero-order valence-electron chi connectivity index (χ0n) is 10.9. The van der Waals surface area contributed by atoms with Crippen LogP contribution in [0.1, 0.15) is 23.5 Å². The number of hydrogen-bond acceptors (Lipinski definition) is 5. The van der Waals surface area contributed by atoms with E-state index in [2.05, 4.69) is 15.6 Å². The Hall–Kier alpha value is -2.16. The van der Waals surface area contributed by atoms with Crippen molar-refractivity contribution in [2.45, 2.75) is 32.4 Å². The minimum Gasteiger partial charge on any atom is -0.480 e. The molecule has 0 aliphatic rings. The van der Waals surface area contributed by atoms with Gasteiger partial charge in [-0.1, -0.05) is 0 Å². The Labute approximate surface area is 119 Å². The Kier molecular flexibility index (Phi) is 5.91. The van der Waals surface area contributed by atoms with Crippen molar-refractivity contribution in [1.82, 2.24) is 15.6 Å². The molecule has 1 atom stereocenters. The minimum atomic E-state index is -1.22. The number of urea groups is 1. The molecule has 1 heterocycles. The SMILES string of the molecule is Cc1csc(CNC(=O)N[C@H](CCC(N)=O)C(=O)O)n1. The van der Waals surface area contributed by atoms with Gasteiger partial charge in [0.2, 0.25) is 5.91 Å². The smallest absolute Gasteiger partial charge is 0.326 e. The van der Waals surface area contributed by atoms with E-state index in [1.54, 1.807) is 0 Å². The summed E-state index contributed by atoms with van der Waals surface area (Å²) in [5.74, 6) is -1.83. The normalized spacial score (nSPS) is 11.7. The lowest BCUT2D eigenvalue weighted by Gasteiger charge is -2.13. The quantitative estimate of drug-likeness (QED) is 0.561. The van der Waals surface area contributed by atoms with E-state index < -0.39 is 23.9 Å². The van der Waals surface area contributed by atoms with Crippen LogP contribution in [0.4, 0.5) is 4.79 Å². The van der Waals surface area contributed by atoms with Crippen molar-refractivity contribution in [3.8, 4) is 0 Å². The summed E-state index contributed by atoms with van der Waals surface area (Å²) >= 11 is 1.40. The molecule has 0 saturated carbocycles. The van der Waals surface area contributed by atoms with Gasteiger partial charge in [-0.3, -0.25) is 4.79 Å². The fraction of sp³-hybridized carbons (Fsp3) is 0.455. The van der Waals surface area contributed by atoms with Gasteiger partial charge in [0.05, 0.1) is 6.54 Å². The van der Waals surface area contributed by atoms with E-state index in [0.717, 1.165) is 10.7 Å². The van der Waals surface area contributed by atoms with Gasteiger partial charge < -0.3 is 21.5 Å². The number of hydrogen-bond donors (Lipinski definition) is 4. The third kappa shape index (κ3) is 5.65. The van der Waals surface area contributed by atoms with Crippen molar-refractivity contribution in [3.05, 3.63) is 16.1 Å². The van der Waals surface area contributed by atoms with Crippen molar-refractivity contribution in [1.29, 1.82) is 0 Å². The number of nitrogens with one attached hydrogen (secondary N) is 2. The lowest BCUT2D eigenvalue weighted by Crippen LogP contribution is -2.46. The molecule has 0 aromatic carbocycles. The third-order valence-corrected chi connectivity index (χ3v) is 3.32. The van der Waals surface area contributed by atoms with E-state index >= 15 is 0 Å². The molecule has 1 aromatic rings. The molecule has 1 rings (SSSR count). The highest BCUT2D eigenvalue weighted by atomic mass is 32.1. The standard InChI is InChI=1S/C11H16N4O4S/c1-6-5-20-9(14-6)4-13-11(19)15-7(10(17)18)2-3-8(12)16/h5,7H,2-4H2,1H3,(H2,12,16)(H,17,18)(H2,13,15,19)/t7-/m1/s1. The molecule has 0 aliphatic heterocycles. The molecule has 0 saturated heterocycles. The molecule has 0 bridgehead atoms.